The van der Waals surface area contributed by atoms with Crippen LogP contribution in [-0.2, 0) is 0 Å². The number of thiazole rings is 1. The summed E-state index contributed by atoms with van der Waals surface area (Å²) in [5.41, 5.74) is 6.64. The molecular formula is C9H14N2S. The van der Waals surface area contributed by atoms with E-state index < -0.39 is 0 Å². The van der Waals surface area contributed by atoms with Crippen molar-refractivity contribution in [3.05, 3.63) is 16.6 Å². The number of nitrogens with zero attached hydrogens (tertiary/aromatic N) is 1. The van der Waals surface area contributed by atoms with E-state index in [9.17, 15) is 0 Å². The quantitative estimate of drug-likeness (QED) is 0.763. The molecule has 2 nitrogen and oxygen atoms in total. The maximum atomic E-state index is 5.62. The average Bonchev–Trinajstić information content (AvgIpc) is 2.32. The minimum atomic E-state index is 0.506. The fraction of sp³-hybridized carbons (Fsp3) is 0.444. The number of anilines is 1. The molecule has 0 radical (unpaired) electrons. The molecule has 0 unspecified atom stereocenters. The van der Waals surface area contributed by atoms with Gasteiger partial charge in [-0.2, -0.15) is 0 Å². The zero-order valence-corrected chi connectivity index (χ0v) is 8.48. The van der Waals surface area contributed by atoms with Crippen molar-refractivity contribution in [3.8, 4) is 0 Å². The lowest BCUT2D eigenvalue weighted by Gasteiger charge is -1.99. The van der Waals surface area contributed by atoms with Crippen LogP contribution >= 0.6 is 11.3 Å². The SMILES string of the molecule is CC=Cc1nc(N)sc1C(C)C. The second-order valence-corrected chi connectivity index (χ2v) is 4.02. The Morgan fingerprint density at radius 2 is 2.17 bits per heavy atom. The van der Waals surface area contributed by atoms with E-state index in [4.69, 9.17) is 5.73 Å². The summed E-state index contributed by atoms with van der Waals surface area (Å²) in [7, 11) is 0. The van der Waals surface area contributed by atoms with E-state index in [1.54, 1.807) is 11.3 Å². The van der Waals surface area contributed by atoms with E-state index >= 15 is 0 Å². The van der Waals surface area contributed by atoms with Crippen LogP contribution in [0, 0.1) is 0 Å². The Morgan fingerprint density at radius 1 is 1.50 bits per heavy atom. The van der Waals surface area contributed by atoms with Crippen LogP contribution in [0.25, 0.3) is 6.08 Å². The lowest BCUT2D eigenvalue weighted by Crippen LogP contribution is -1.86. The van der Waals surface area contributed by atoms with Gasteiger partial charge in [0.2, 0.25) is 0 Å². The molecule has 2 N–H and O–H groups in total. The molecule has 12 heavy (non-hydrogen) atoms. The fourth-order valence-corrected chi connectivity index (χ4v) is 1.88. The van der Waals surface area contributed by atoms with Crippen LogP contribution in [-0.4, -0.2) is 4.98 Å². The Kier molecular flexibility index (Phi) is 2.87. The van der Waals surface area contributed by atoms with Crippen LogP contribution < -0.4 is 5.73 Å². The van der Waals surface area contributed by atoms with E-state index in [0.29, 0.717) is 11.0 Å². The van der Waals surface area contributed by atoms with Gasteiger partial charge >= 0.3 is 0 Å². The number of nitrogens with two attached hydrogens (primary N) is 1. The maximum absolute atomic E-state index is 5.62. The van der Waals surface area contributed by atoms with Crippen LogP contribution in [0.15, 0.2) is 6.08 Å². The van der Waals surface area contributed by atoms with Crippen LogP contribution in [0.3, 0.4) is 0 Å². The summed E-state index contributed by atoms with van der Waals surface area (Å²) < 4.78 is 0. The van der Waals surface area contributed by atoms with Crippen LogP contribution in [0.2, 0.25) is 0 Å². The van der Waals surface area contributed by atoms with Gasteiger partial charge in [0.1, 0.15) is 0 Å². The first-order valence-corrected chi connectivity index (χ1v) is 4.85. The van der Waals surface area contributed by atoms with Crippen molar-refractivity contribution in [3.63, 3.8) is 0 Å². The fourth-order valence-electron chi connectivity index (χ4n) is 1.05. The molecule has 0 saturated heterocycles. The van der Waals surface area contributed by atoms with Crippen LogP contribution in [0.1, 0.15) is 37.3 Å². The molecule has 0 aliphatic rings. The van der Waals surface area contributed by atoms with E-state index in [-0.39, 0.29) is 0 Å². The molecule has 1 rings (SSSR count). The maximum Gasteiger partial charge on any atom is 0.180 e. The van der Waals surface area contributed by atoms with Gasteiger partial charge in [0.25, 0.3) is 0 Å². The number of nitrogen functional groups attached to an aromatic ring is 1. The third-order valence-electron chi connectivity index (χ3n) is 1.55. The smallest absolute Gasteiger partial charge is 0.180 e. The van der Waals surface area contributed by atoms with Crippen LogP contribution in [0.5, 0.6) is 0 Å². The molecular weight excluding hydrogens is 168 g/mol. The third-order valence-corrected chi connectivity index (χ3v) is 2.75. The van der Waals surface area contributed by atoms with Crippen molar-refractivity contribution >= 4 is 22.5 Å². The molecule has 3 heteroatoms. The van der Waals surface area contributed by atoms with Gasteiger partial charge in [-0.1, -0.05) is 19.9 Å². The van der Waals surface area contributed by atoms with Gasteiger partial charge in [0.15, 0.2) is 5.13 Å². The van der Waals surface area contributed by atoms with Gasteiger partial charge in [0.05, 0.1) is 5.69 Å². The Bertz CT molecular complexity index is 287. The number of aromatic nitrogens is 1. The van der Waals surface area contributed by atoms with E-state index in [0.717, 1.165) is 5.69 Å². The molecule has 0 amide bonds. The predicted molar refractivity (Wildman–Crippen MR) is 55.3 cm³/mol. The lowest BCUT2D eigenvalue weighted by atomic mass is 10.1. The molecule has 0 saturated carbocycles. The van der Waals surface area contributed by atoms with Gasteiger partial charge in [-0.05, 0) is 18.9 Å². The van der Waals surface area contributed by atoms with E-state index in [1.165, 1.54) is 4.88 Å². The van der Waals surface area contributed by atoms with Crippen molar-refractivity contribution in [1.29, 1.82) is 0 Å². The summed E-state index contributed by atoms with van der Waals surface area (Å²) in [4.78, 5) is 5.50. The summed E-state index contributed by atoms with van der Waals surface area (Å²) in [6, 6.07) is 0. The van der Waals surface area contributed by atoms with Crippen molar-refractivity contribution < 1.29 is 0 Å². The van der Waals surface area contributed by atoms with Crippen molar-refractivity contribution in [1.82, 2.24) is 4.98 Å². The van der Waals surface area contributed by atoms with Crippen molar-refractivity contribution in [2.45, 2.75) is 26.7 Å². The second kappa shape index (κ2) is 3.72. The highest BCUT2D eigenvalue weighted by Crippen LogP contribution is 2.28. The lowest BCUT2D eigenvalue weighted by molar-refractivity contribution is 0.882. The number of hydrogen-bond acceptors (Lipinski definition) is 3. The standard InChI is InChI=1S/C9H14N2S/c1-4-5-7-8(6(2)3)12-9(10)11-7/h4-6H,1-3H3,(H2,10,11). The molecule has 0 aliphatic carbocycles. The minimum absolute atomic E-state index is 0.506. The summed E-state index contributed by atoms with van der Waals surface area (Å²) in [5, 5.41) is 0.659. The molecule has 0 atom stereocenters. The van der Waals surface area contributed by atoms with Crippen molar-refractivity contribution in [2.75, 3.05) is 5.73 Å². The summed E-state index contributed by atoms with van der Waals surface area (Å²) in [5.74, 6) is 0.506. The molecule has 1 aromatic heterocycles. The topological polar surface area (TPSA) is 38.9 Å². The largest absolute Gasteiger partial charge is 0.375 e. The summed E-state index contributed by atoms with van der Waals surface area (Å²) in [6.45, 7) is 6.29. The Morgan fingerprint density at radius 3 is 2.67 bits per heavy atom. The van der Waals surface area contributed by atoms with Gasteiger partial charge < -0.3 is 5.73 Å². The van der Waals surface area contributed by atoms with Crippen molar-refractivity contribution in [2.24, 2.45) is 0 Å². The zero-order valence-electron chi connectivity index (χ0n) is 7.66. The highest BCUT2D eigenvalue weighted by atomic mass is 32.1. The minimum Gasteiger partial charge on any atom is -0.375 e. The molecule has 1 aromatic rings. The number of allylic oxidation sites excluding steroid dienone is 1. The van der Waals surface area contributed by atoms with Gasteiger partial charge in [-0.3, -0.25) is 0 Å². The number of rotatable bonds is 2. The van der Waals surface area contributed by atoms with Gasteiger partial charge in [0, 0.05) is 4.88 Å². The number of hydrogen-bond donors (Lipinski definition) is 1. The molecule has 0 aromatic carbocycles. The Balaban J connectivity index is 3.08. The summed E-state index contributed by atoms with van der Waals surface area (Å²) >= 11 is 1.58. The molecule has 0 bridgehead atoms. The zero-order chi connectivity index (χ0) is 9.14. The highest BCUT2D eigenvalue weighted by molar-refractivity contribution is 7.15. The second-order valence-electron chi connectivity index (χ2n) is 2.96. The molecule has 66 valence electrons. The highest BCUT2D eigenvalue weighted by Gasteiger charge is 2.09. The molecule has 0 fully saturated rings. The molecule has 0 spiro atoms. The summed E-state index contributed by atoms with van der Waals surface area (Å²) in [6.07, 6.45) is 3.99. The van der Waals surface area contributed by atoms with Crippen LogP contribution in [0.4, 0.5) is 5.13 Å². The predicted octanol–water partition coefficient (Wildman–Crippen LogP) is 2.88. The Labute approximate surface area is 77.1 Å². The first-order chi connectivity index (χ1) is 5.65. The normalized spacial score (nSPS) is 11.7. The van der Waals surface area contributed by atoms with Gasteiger partial charge in [-0.25, -0.2) is 4.98 Å². The van der Waals surface area contributed by atoms with E-state index in [1.807, 2.05) is 19.1 Å². The first kappa shape index (κ1) is 9.26. The van der Waals surface area contributed by atoms with Gasteiger partial charge in [-0.15, -0.1) is 11.3 Å². The molecule has 0 aliphatic heterocycles. The molecule has 1 heterocycles. The average molecular weight is 182 g/mol. The third kappa shape index (κ3) is 1.85. The monoisotopic (exact) mass is 182 g/mol. The first-order valence-electron chi connectivity index (χ1n) is 4.04. The van der Waals surface area contributed by atoms with E-state index in [2.05, 4.69) is 18.8 Å². The Hall–Kier alpha value is -0.830.